The van der Waals surface area contributed by atoms with E-state index in [4.69, 9.17) is 5.73 Å². The summed E-state index contributed by atoms with van der Waals surface area (Å²) in [5, 5.41) is 13.8. The van der Waals surface area contributed by atoms with Crippen molar-refractivity contribution in [3.05, 3.63) is 76.1 Å². The Hall–Kier alpha value is -3.27. The zero-order valence-corrected chi connectivity index (χ0v) is 15.2. The van der Waals surface area contributed by atoms with Gasteiger partial charge in [0.25, 0.3) is 5.91 Å². The van der Waals surface area contributed by atoms with E-state index in [1.165, 1.54) is 16.9 Å². The van der Waals surface area contributed by atoms with Gasteiger partial charge in [0.05, 0.1) is 34.8 Å². The predicted molar refractivity (Wildman–Crippen MR) is 94.7 cm³/mol. The minimum absolute atomic E-state index is 0.0634. The average molecular weight is 408 g/mol. The van der Waals surface area contributed by atoms with Gasteiger partial charge in [-0.25, -0.2) is 9.07 Å². The number of rotatable bonds is 5. The van der Waals surface area contributed by atoms with Gasteiger partial charge in [0.2, 0.25) is 0 Å². The van der Waals surface area contributed by atoms with Crippen molar-refractivity contribution < 1.29 is 27.5 Å². The lowest BCUT2D eigenvalue weighted by Crippen LogP contribution is -2.15. The molecule has 0 spiro atoms. The molecule has 0 saturated carbocycles. The summed E-state index contributed by atoms with van der Waals surface area (Å²) >= 11 is 0. The van der Waals surface area contributed by atoms with Gasteiger partial charge in [0.1, 0.15) is 5.82 Å². The van der Waals surface area contributed by atoms with Gasteiger partial charge in [-0.05, 0) is 42.8 Å². The second-order valence-corrected chi connectivity index (χ2v) is 6.37. The van der Waals surface area contributed by atoms with E-state index >= 15 is 0 Å². The van der Waals surface area contributed by atoms with Crippen molar-refractivity contribution in [3.8, 4) is 5.69 Å². The van der Waals surface area contributed by atoms with Crippen molar-refractivity contribution in [2.75, 3.05) is 0 Å². The van der Waals surface area contributed by atoms with Crippen LogP contribution in [-0.4, -0.2) is 25.8 Å². The van der Waals surface area contributed by atoms with Crippen molar-refractivity contribution in [1.82, 2.24) is 14.8 Å². The number of halogens is 4. The Morgan fingerprint density at radius 3 is 2.59 bits per heavy atom. The largest absolute Gasteiger partial charge is 0.416 e. The molecule has 0 fully saturated rings. The maximum atomic E-state index is 13.6. The first-order valence-corrected chi connectivity index (χ1v) is 8.41. The number of aliphatic hydroxyl groups is 1. The molecular formula is C19H16F4N4O2. The van der Waals surface area contributed by atoms with Gasteiger partial charge in [-0.3, -0.25) is 9.78 Å². The van der Waals surface area contributed by atoms with E-state index in [0.717, 1.165) is 12.1 Å². The monoisotopic (exact) mass is 408 g/mol. The van der Waals surface area contributed by atoms with E-state index in [1.807, 2.05) is 0 Å². The molecular weight excluding hydrogens is 392 g/mol. The number of primary amides is 1. The molecule has 0 bridgehead atoms. The van der Waals surface area contributed by atoms with Crippen LogP contribution in [0.4, 0.5) is 17.6 Å². The third kappa shape index (κ3) is 4.27. The molecule has 29 heavy (non-hydrogen) atoms. The van der Waals surface area contributed by atoms with Crippen LogP contribution < -0.4 is 5.73 Å². The second-order valence-electron chi connectivity index (χ2n) is 6.37. The molecule has 0 saturated heterocycles. The van der Waals surface area contributed by atoms with Crippen LogP contribution in [0.25, 0.3) is 5.69 Å². The van der Waals surface area contributed by atoms with Crippen LogP contribution in [-0.2, 0) is 19.2 Å². The fourth-order valence-electron chi connectivity index (χ4n) is 3.07. The fraction of sp³-hybridized carbons (Fsp3) is 0.211. The average Bonchev–Trinajstić information content (AvgIpc) is 2.97. The summed E-state index contributed by atoms with van der Waals surface area (Å²) in [4.78, 5) is 15.7. The number of amides is 1. The Kier molecular flexibility index (Phi) is 5.38. The third-order valence-electron chi connectivity index (χ3n) is 4.27. The number of benzene rings is 1. The van der Waals surface area contributed by atoms with Gasteiger partial charge in [0, 0.05) is 18.3 Å². The number of aromatic nitrogens is 3. The summed E-state index contributed by atoms with van der Waals surface area (Å²) in [7, 11) is 0. The zero-order chi connectivity index (χ0) is 21.3. The number of nitrogens with zero attached hydrogens (tertiary/aromatic N) is 3. The Morgan fingerprint density at radius 1 is 1.24 bits per heavy atom. The van der Waals surface area contributed by atoms with Crippen LogP contribution in [0.15, 0.2) is 36.5 Å². The minimum atomic E-state index is -4.67. The number of hydrogen-bond acceptors (Lipinski definition) is 4. The second kappa shape index (κ2) is 7.63. The maximum Gasteiger partial charge on any atom is 0.416 e. The molecule has 3 N–H and O–H groups in total. The van der Waals surface area contributed by atoms with Crippen LogP contribution in [0, 0.1) is 12.7 Å². The SMILES string of the molecule is Cc1nn(-c2ccnc(Cc3cc(F)cc(C(F)(F)F)c3)c2)c(CO)c1C(N)=O. The van der Waals surface area contributed by atoms with Gasteiger partial charge >= 0.3 is 6.18 Å². The van der Waals surface area contributed by atoms with Crippen LogP contribution in [0.5, 0.6) is 0 Å². The standard InChI is InChI=1S/C19H16F4N4O2/c1-10-17(18(24)29)16(9-28)27(26-10)15-2-3-25-14(8-15)6-11-4-12(19(21,22)23)7-13(20)5-11/h2-5,7-8,28H,6,9H2,1H3,(H2,24,29). The van der Waals surface area contributed by atoms with Crippen molar-refractivity contribution in [2.24, 2.45) is 5.73 Å². The Morgan fingerprint density at radius 2 is 1.97 bits per heavy atom. The molecule has 0 aliphatic carbocycles. The Bertz CT molecular complexity index is 1080. The molecule has 0 radical (unpaired) electrons. The first-order valence-electron chi connectivity index (χ1n) is 8.41. The summed E-state index contributed by atoms with van der Waals surface area (Å²) in [5.74, 6) is -1.74. The van der Waals surface area contributed by atoms with Gasteiger partial charge in [-0.2, -0.15) is 18.3 Å². The molecule has 152 valence electrons. The van der Waals surface area contributed by atoms with E-state index in [9.17, 15) is 27.5 Å². The number of aliphatic hydroxyl groups excluding tert-OH is 1. The number of carbonyl (C=O) groups excluding carboxylic acids is 1. The highest BCUT2D eigenvalue weighted by Crippen LogP contribution is 2.31. The van der Waals surface area contributed by atoms with Crippen LogP contribution in [0.1, 0.15) is 38.6 Å². The highest BCUT2D eigenvalue weighted by atomic mass is 19.4. The lowest BCUT2D eigenvalue weighted by atomic mass is 10.0. The lowest BCUT2D eigenvalue weighted by molar-refractivity contribution is -0.137. The zero-order valence-electron chi connectivity index (χ0n) is 15.2. The molecule has 0 aliphatic heterocycles. The number of hydrogen-bond donors (Lipinski definition) is 2. The van der Waals surface area contributed by atoms with Gasteiger partial charge in [-0.15, -0.1) is 0 Å². The third-order valence-corrected chi connectivity index (χ3v) is 4.27. The summed E-state index contributed by atoms with van der Waals surface area (Å²) < 4.78 is 53.7. The number of aryl methyl sites for hydroxylation is 1. The van der Waals surface area contributed by atoms with Crippen molar-refractivity contribution >= 4 is 5.91 Å². The van der Waals surface area contributed by atoms with E-state index in [-0.39, 0.29) is 23.2 Å². The normalized spacial score (nSPS) is 11.7. The molecule has 3 rings (SSSR count). The quantitative estimate of drug-likeness (QED) is 0.635. The molecule has 2 aromatic heterocycles. The van der Waals surface area contributed by atoms with E-state index in [1.54, 1.807) is 13.0 Å². The topological polar surface area (TPSA) is 94.0 Å². The molecule has 0 aliphatic rings. The van der Waals surface area contributed by atoms with Crippen LogP contribution in [0.3, 0.4) is 0 Å². The summed E-state index contributed by atoms with van der Waals surface area (Å²) in [6, 6.07) is 5.37. The van der Waals surface area contributed by atoms with Crippen molar-refractivity contribution in [1.29, 1.82) is 0 Å². The molecule has 10 heteroatoms. The van der Waals surface area contributed by atoms with E-state index in [0.29, 0.717) is 23.1 Å². The maximum absolute atomic E-state index is 13.6. The molecule has 1 amide bonds. The number of alkyl halides is 3. The molecule has 0 unspecified atom stereocenters. The highest BCUT2D eigenvalue weighted by Gasteiger charge is 2.31. The fourth-order valence-corrected chi connectivity index (χ4v) is 3.07. The number of pyridine rings is 1. The van der Waals surface area contributed by atoms with Gasteiger partial charge in [-0.1, -0.05) is 0 Å². The predicted octanol–water partition coefficient (Wildman–Crippen LogP) is 2.92. The lowest BCUT2D eigenvalue weighted by Gasteiger charge is -2.11. The minimum Gasteiger partial charge on any atom is -0.390 e. The number of nitrogens with two attached hydrogens (primary N) is 1. The number of carbonyl (C=O) groups is 1. The Balaban J connectivity index is 1.99. The summed E-state index contributed by atoms with van der Waals surface area (Å²) in [6.45, 7) is 1.05. The first kappa shape index (κ1) is 20.5. The molecule has 3 aromatic rings. The van der Waals surface area contributed by atoms with Crippen LogP contribution >= 0.6 is 0 Å². The summed E-state index contributed by atoms with van der Waals surface area (Å²) in [5.41, 5.74) is 5.70. The molecule has 0 atom stereocenters. The van der Waals surface area contributed by atoms with E-state index in [2.05, 4.69) is 10.1 Å². The molecule has 6 nitrogen and oxygen atoms in total. The smallest absolute Gasteiger partial charge is 0.390 e. The molecule has 1 aromatic carbocycles. The highest BCUT2D eigenvalue weighted by molar-refractivity contribution is 5.95. The van der Waals surface area contributed by atoms with Crippen molar-refractivity contribution in [3.63, 3.8) is 0 Å². The van der Waals surface area contributed by atoms with Crippen LogP contribution in [0.2, 0.25) is 0 Å². The van der Waals surface area contributed by atoms with E-state index < -0.39 is 30.1 Å². The van der Waals surface area contributed by atoms with Gasteiger partial charge in [0.15, 0.2) is 0 Å². The van der Waals surface area contributed by atoms with Crippen molar-refractivity contribution in [2.45, 2.75) is 26.1 Å². The van der Waals surface area contributed by atoms with Gasteiger partial charge < -0.3 is 10.8 Å². The molecule has 2 heterocycles. The Labute approximate surface area is 162 Å². The first-order chi connectivity index (χ1) is 13.6. The summed E-state index contributed by atoms with van der Waals surface area (Å²) in [6.07, 6.45) is -3.33.